The third-order valence-corrected chi connectivity index (χ3v) is 3.87. The highest BCUT2D eigenvalue weighted by Gasteiger charge is 2.12. The van der Waals surface area contributed by atoms with Gasteiger partial charge in [-0.25, -0.2) is 0 Å². The fourth-order valence-corrected chi connectivity index (χ4v) is 2.52. The predicted molar refractivity (Wildman–Crippen MR) is 97.4 cm³/mol. The van der Waals surface area contributed by atoms with Gasteiger partial charge in [-0.2, -0.15) is 0 Å². The molecule has 2 aromatic rings. The number of nitro benzene ring substituents is 1. The van der Waals surface area contributed by atoms with Gasteiger partial charge in [0.25, 0.3) is 5.69 Å². The number of aryl methyl sites for hydroxylation is 2. The first-order valence-corrected chi connectivity index (χ1v) is 8.18. The van der Waals surface area contributed by atoms with Crippen LogP contribution in [0.4, 0.5) is 11.4 Å². The lowest BCUT2D eigenvalue weighted by molar-refractivity contribution is -0.385. The molecule has 0 aliphatic rings. The Kier molecular flexibility index (Phi) is 6.36. The molecule has 0 saturated carbocycles. The second-order valence-electron chi connectivity index (χ2n) is 5.67. The van der Waals surface area contributed by atoms with E-state index in [-0.39, 0.29) is 18.0 Å². The van der Waals surface area contributed by atoms with Crippen molar-refractivity contribution in [2.45, 2.75) is 26.7 Å². The third kappa shape index (κ3) is 5.46. The monoisotopic (exact) mass is 362 g/mol. The first-order valence-electron chi connectivity index (χ1n) is 7.80. The third-order valence-electron chi connectivity index (χ3n) is 3.63. The second-order valence-corrected chi connectivity index (χ2v) is 6.10. The molecule has 0 radical (unpaired) electrons. The number of carbonyl (C=O) groups excluding carboxylic acids is 1. The number of hydrogen-bond donors (Lipinski definition) is 1. The zero-order valence-electron chi connectivity index (χ0n) is 14.0. The van der Waals surface area contributed by atoms with Crippen molar-refractivity contribution < 1.29 is 14.5 Å². The first-order chi connectivity index (χ1) is 11.9. The van der Waals surface area contributed by atoms with E-state index < -0.39 is 4.92 Å². The Balaban J connectivity index is 1.81. The van der Waals surface area contributed by atoms with Gasteiger partial charge in [0, 0.05) is 28.8 Å². The fourth-order valence-electron chi connectivity index (χ4n) is 2.30. The maximum Gasteiger partial charge on any atom is 0.274 e. The maximum absolute atomic E-state index is 11.9. The van der Waals surface area contributed by atoms with Crippen molar-refractivity contribution in [3.05, 3.63) is 62.7 Å². The SMILES string of the molecule is Cc1cc(Cl)ccc1OCCCC(=O)Nc1ccc(C)c([N+](=O)[O-])c1. The van der Waals surface area contributed by atoms with Gasteiger partial charge in [0.2, 0.25) is 5.91 Å². The number of halogens is 1. The molecule has 0 aliphatic heterocycles. The number of amides is 1. The van der Waals surface area contributed by atoms with E-state index in [0.717, 1.165) is 11.3 Å². The minimum Gasteiger partial charge on any atom is -0.493 e. The summed E-state index contributed by atoms with van der Waals surface area (Å²) in [6, 6.07) is 9.98. The van der Waals surface area contributed by atoms with Gasteiger partial charge in [0.1, 0.15) is 5.75 Å². The number of nitro groups is 1. The number of benzene rings is 2. The van der Waals surface area contributed by atoms with Crippen LogP contribution in [0.25, 0.3) is 0 Å². The van der Waals surface area contributed by atoms with Crippen molar-refractivity contribution in [2.24, 2.45) is 0 Å². The van der Waals surface area contributed by atoms with Crippen molar-refractivity contribution in [3.63, 3.8) is 0 Å². The normalized spacial score (nSPS) is 10.4. The summed E-state index contributed by atoms with van der Waals surface area (Å²) in [4.78, 5) is 22.4. The van der Waals surface area contributed by atoms with Crippen LogP contribution >= 0.6 is 11.6 Å². The van der Waals surface area contributed by atoms with Crippen LogP contribution in [0.2, 0.25) is 5.02 Å². The van der Waals surface area contributed by atoms with E-state index >= 15 is 0 Å². The number of rotatable bonds is 7. The number of anilines is 1. The molecule has 0 aliphatic carbocycles. The smallest absolute Gasteiger partial charge is 0.274 e. The van der Waals surface area contributed by atoms with Crippen LogP contribution in [-0.4, -0.2) is 17.4 Å². The number of hydrogen-bond acceptors (Lipinski definition) is 4. The Morgan fingerprint density at radius 2 is 1.96 bits per heavy atom. The van der Waals surface area contributed by atoms with Crippen LogP contribution in [0.15, 0.2) is 36.4 Å². The van der Waals surface area contributed by atoms with E-state index in [1.165, 1.54) is 6.07 Å². The summed E-state index contributed by atoms with van der Waals surface area (Å²) >= 11 is 5.89. The van der Waals surface area contributed by atoms with E-state index in [2.05, 4.69) is 5.32 Å². The van der Waals surface area contributed by atoms with Crippen LogP contribution in [-0.2, 0) is 4.79 Å². The van der Waals surface area contributed by atoms with Crippen molar-refractivity contribution in [1.29, 1.82) is 0 Å². The van der Waals surface area contributed by atoms with Gasteiger partial charge in [-0.1, -0.05) is 17.7 Å². The largest absolute Gasteiger partial charge is 0.493 e. The van der Waals surface area contributed by atoms with E-state index in [1.807, 2.05) is 13.0 Å². The molecule has 1 N–H and O–H groups in total. The van der Waals surface area contributed by atoms with Crippen molar-refractivity contribution in [3.8, 4) is 5.75 Å². The standard InChI is InChI=1S/C18H19ClN2O4/c1-12-5-7-15(11-16(12)21(23)24)20-18(22)4-3-9-25-17-8-6-14(19)10-13(17)2/h5-8,10-11H,3-4,9H2,1-2H3,(H,20,22). The molecule has 6 nitrogen and oxygen atoms in total. The second kappa shape index (κ2) is 8.48. The Morgan fingerprint density at radius 3 is 2.64 bits per heavy atom. The minimum absolute atomic E-state index is 0.0145. The average molecular weight is 363 g/mol. The lowest BCUT2D eigenvalue weighted by Gasteiger charge is -2.09. The van der Waals surface area contributed by atoms with Crippen molar-refractivity contribution in [1.82, 2.24) is 0 Å². The molecular formula is C18H19ClN2O4. The summed E-state index contributed by atoms with van der Waals surface area (Å²) in [6.07, 6.45) is 0.788. The number of ether oxygens (including phenoxy) is 1. The fraction of sp³-hybridized carbons (Fsp3) is 0.278. The lowest BCUT2D eigenvalue weighted by Crippen LogP contribution is -2.13. The number of nitrogens with one attached hydrogen (secondary N) is 1. The summed E-state index contributed by atoms with van der Waals surface area (Å²) in [7, 11) is 0. The van der Waals surface area contributed by atoms with Crippen LogP contribution in [0.1, 0.15) is 24.0 Å². The van der Waals surface area contributed by atoms with Gasteiger partial charge in [0.15, 0.2) is 0 Å². The van der Waals surface area contributed by atoms with Gasteiger partial charge in [-0.15, -0.1) is 0 Å². The number of carbonyl (C=O) groups is 1. The molecule has 2 rings (SSSR count). The zero-order chi connectivity index (χ0) is 18.4. The molecule has 0 atom stereocenters. The van der Waals surface area contributed by atoms with Crippen LogP contribution < -0.4 is 10.1 Å². The maximum atomic E-state index is 11.9. The van der Waals surface area contributed by atoms with E-state index in [4.69, 9.17) is 16.3 Å². The van der Waals surface area contributed by atoms with E-state index in [9.17, 15) is 14.9 Å². The van der Waals surface area contributed by atoms with Crippen molar-refractivity contribution in [2.75, 3.05) is 11.9 Å². The zero-order valence-corrected chi connectivity index (χ0v) is 14.8. The van der Waals surface area contributed by atoms with Gasteiger partial charge < -0.3 is 10.1 Å². The van der Waals surface area contributed by atoms with Gasteiger partial charge in [-0.3, -0.25) is 14.9 Å². The van der Waals surface area contributed by atoms with Crippen LogP contribution in [0, 0.1) is 24.0 Å². The average Bonchev–Trinajstić information content (AvgIpc) is 2.54. The molecule has 7 heteroatoms. The quantitative estimate of drug-likeness (QED) is 0.441. The minimum atomic E-state index is -0.465. The predicted octanol–water partition coefficient (Wildman–Crippen LogP) is 4.66. The molecule has 0 unspecified atom stereocenters. The summed E-state index contributed by atoms with van der Waals surface area (Å²) in [5.74, 6) is 0.522. The van der Waals surface area contributed by atoms with E-state index in [1.54, 1.807) is 31.2 Å². The Hall–Kier alpha value is -2.60. The number of nitrogens with zero attached hydrogens (tertiary/aromatic N) is 1. The van der Waals surface area contributed by atoms with Gasteiger partial charge >= 0.3 is 0 Å². The first kappa shape index (κ1) is 18.7. The van der Waals surface area contributed by atoms with Crippen molar-refractivity contribution >= 4 is 28.9 Å². The van der Waals surface area contributed by atoms with Crippen LogP contribution in [0.3, 0.4) is 0 Å². The lowest BCUT2D eigenvalue weighted by atomic mass is 10.2. The molecule has 0 spiro atoms. The van der Waals surface area contributed by atoms with Crippen LogP contribution in [0.5, 0.6) is 5.75 Å². The molecule has 1 amide bonds. The highest BCUT2D eigenvalue weighted by atomic mass is 35.5. The Labute approximate surface area is 150 Å². The summed E-state index contributed by atoms with van der Waals surface area (Å²) in [5, 5.41) is 14.2. The highest BCUT2D eigenvalue weighted by molar-refractivity contribution is 6.30. The Morgan fingerprint density at radius 1 is 1.20 bits per heavy atom. The molecule has 132 valence electrons. The molecule has 0 heterocycles. The van der Waals surface area contributed by atoms with E-state index in [0.29, 0.717) is 29.3 Å². The highest BCUT2D eigenvalue weighted by Crippen LogP contribution is 2.23. The molecule has 25 heavy (non-hydrogen) atoms. The summed E-state index contributed by atoms with van der Waals surface area (Å²) in [6.45, 7) is 3.95. The molecule has 0 bridgehead atoms. The summed E-state index contributed by atoms with van der Waals surface area (Å²) in [5.41, 5.74) is 1.88. The topological polar surface area (TPSA) is 81.5 Å². The molecule has 2 aromatic carbocycles. The van der Waals surface area contributed by atoms with Gasteiger partial charge in [0.05, 0.1) is 11.5 Å². The molecule has 0 fully saturated rings. The van der Waals surface area contributed by atoms with Gasteiger partial charge in [-0.05, 0) is 50.1 Å². The Bertz CT molecular complexity index is 793. The molecular weight excluding hydrogens is 344 g/mol. The molecule has 0 aromatic heterocycles. The molecule has 0 saturated heterocycles. The summed E-state index contributed by atoms with van der Waals surface area (Å²) < 4.78 is 5.63.